The summed E-state index contributed by atoms with van der Waals surface area (Å²) in [4.78, 5) is 14.1. The van der Waals surface area contributed by atoms with E-state index in [-0.39, 0.29) is 5.91 Å². The van der Waals surface area contributed by atoms with Crippen molar-refractivity contribution in [1.29, 1.82) is 0 Å². The Bertz CT molecular complexity index is 682. The first-order valence-corrected chi connectivity index (χ1v) is 7.71. The first-order valence-electron chi connectivity index (χ1n) is 7.71. The Kier molecular flexibility index (Phi) is 6.07. The number of hydrogen-bond acceptors (Lipinski definition) is 4. The van der Waals surface area contributed by atoms with Crippen LogP contribution in [0.5, 0.6) is 17.2 Å². The van der Waals surface area contributed by atoms with Gasteiger partial charge in [-0.3, -0.25) is 4.79 Å². The molecule has 0 fully saturated rings. The van der Waals surface area contributed by atoms with Crippen molar-refractivity contribution in [1.82, 2.24) is 0 Å². The molecule has 2 rings (SSSR count). The predicted molar refractivity (Wildman–Crippen MR) is 94.3 cm³/mol. The predicted octanol–water partition coefficient (Wildman–Crippen LogP) is 3.31. The average Bonchev–Trinajstić information content (AvgIpc) is 2.64. The van der Waals surface area contributed by atoms with Gasteiger partial charge in [-0.2, -0.15) is 0 Å². The van der Waals surface area contributed by atoms with Crippen LogP contribution in [0.3, 0.4) is 0 Å². The molecule has 0 spiro atoms. The third-order valence-electron chi connectivity index (χ3n) is 3.93. The van der Waals surface area contributed by atoms with Gasteiger partial charge < -0.3 is 19.1 Å². The van der Waals surface area contributed by atoms with Crippen LogP contribution in [0.25, 0.3) is 0 Å². The van der Waals surface area contributed by atoms with E-state index in [1.54, 1.807) is 33.3 Å². The lowest BCUT2D eigenvalue weighted by atomic mass is 10.1. The number of ether oxygens (including phenoxy) is 3. The summed E-state index contributed by atoms with van der Waals surface area (Å²) in [5.41, 5.74) is 1.78. The zero-order valence-corrected chi connectivity index (χ0v) is 14.5. The standard InChI is InChI=1S/C19H23NO4/c1-20(15-9-11-16(22-2)12-10-15)18(21)13-8-14-6-5-7-17(23-3)19(14)24-4/h5-7,9-12H,8,13H2,1-4H3. The first kappa shape index (κ1) is 17.7. The van der Waals surface area contributed by atoms with Gasteiger partial charge in [0, 0.05) is 19.2 Å². The first-order chi connectivity index (χ1) is 11.6. The van der Waals surface area contributed by atoms with E-state index < -0.39 is 0 Å². The van der Waals surface area contributed by atoms with E-state index in [0.29, 0.717) is 24.3 Å². The summed E-state index contributed by atoms with van der Waals surface area (Å²) in [6.45, 7) is 0. The molecule has 24 heavy (non-hydrogen) atoms. The summed E-state index contributed by atoms with van der Waals surface area (Å²) in [6, 6.07) is 13.1. The molecule has 5 heteroatoms. The van der Waals surface area contributed by atoms with Gasteiger partial charge in [-0.25, -0.2) is 0 Å². The average molecular weight is 329 g/mol. The van der Waals surface area contributed by atoms with Crippen LogP contribution in [0.1, 0.15) is 12.0 Å². The maximum absolute atomic E-state index is 12.4. The normalized spacial score (nSPS) is 10.2. The van der Waals surface area contributed by atoms with Gasteiger partial charge in [-0.05, 0) is 42.3 Å². The number of nitrogens with zero attached hydrogens (tertiary/aromatic N) is 1. The number of aryl methyl sites for hydroxylation is 1. The van der Waals surface area contributed by atoms with Crippen molar-refractivity contribution >= 4 is 11.6 Å². The maximum atomic E-state index is 12.4. The quantitative estimate of drug-likeness (QED) is 0.782. The molecule has 0 radical (unpaired) electrons. The van der Waals surface area contributed by atoms with Gasteiger partial charge >= 0.3 is 0 Å². The Labute approximate surface area is 142 Å². The number of rotatable bonds is 7. The van der Waals surface area contributed by atoms with Crippen molar-refractivity contribution in [3.05, 3.63) is 48.0 Å². The fourth-order valence-electron chi connectivity index (χ4n) is 2.51. The highest BCUT2D eigenvalue weighted by Crippen LogP contribution is 2.31. The molecule has 0 unspecified atom stereocenters. The molecule has 0 aliphatic heterocycles. The van der Waals surface area contributed by atoms with E-state index in [0.717, 1.165) is 17.0 Å². The third kappa shape index (κ3) is 3.98. The van der Waals surface area contributed by atoms with Crippen LogP contribution in [-0.2, 0) is 11.2 Å². The fraction of sp³-hybridized carbons (Fsp3) is 0.316. The van der Waals surface area contributed by atoms with Gasteiger partial charge in [-0.1, -0.05) is 12.1 Å². The minimum atomic E-state index is 0.0324. The number of para-hydroxylation sites is 1. The molecule has 0 aromatic heterocycles. The molecule has 0 atom stereocenters. The number of hydrogen-bond donors (Lipinski definition) is 0. The molecule has 128 valence electrons. The smallest absolute Gasteiger partial charge is 0.227 e. The highest BCUT2D eigenvalue weighted by Gasteiger charge is 2.14. The van der Waals surface area contributed by atoms with E-state index in [9.17, 15) is 4.79 Å². The molecular formula is C19H23NO4. The molecule has 5 nitrogen and oxygen atoms in total. The zero-order chi connectivity index (χ0) is 17.5. The van der Waals surface area contributed by atoms with Gasteiger partial charge in [0.15, 0.2) is 11.5 Å². The number of anilines is 1. The van der Waals surface area contributed by atoms with Gasteiger partial charge in [-0.15, -0.1) is 0 Å². The number of benzene rings is 2. The van der Waals surface area contributed by atoms with Crippen LogP contribution in [0.4, 0.5) is 5.69 Å². The fourth-order valence-corrected chi connectivity index (χ4v) is 2.51. The van der Waals surface area contributed by atoms with Crippen molar-refractivity contribution < 1.29 is 19.0 Å². The second-order valence-electron chi connectivity index (χ2n) is 5.30. The number of carbonyl (C=O) groups excluding carboxylic acids is 1. The molecule has 0 N–H and O–H groups in total. The summed E-state index contributed by atoms with van der Waals surface area (Å²) in [5, 5.41) is 0. The minimum absolute atomic E-state index is 0.0324. The molecule has 0 bridgehead atoms. The second kappa shape index (κ2) is 8.24. The zero-order valence-electron chi connectivity index (χ0n) is 14.5. The Morgan fingerprint density at radius 2 is 1.67 bits per heavy atom. The molecular weight excluding hydrogens is 306 g/mol. The summed E-state index contributed by atoms with van der Waals surface area (Å²) in [7, 11) is 6.59. The van der Waals surface area contributed by atoms with Crippen molar-refractivity contribution in [2.24, 2.45) is 0 Å². The molecule has 0 saturated heterocycles. The highest BCUT2D eigenvalue weighted by atomic mass is 16.5. The lowest BCUT2D eigenvalue weighted by Crippen LogP contribution is -2.26. The van der Waals surface area contributed by atoms with Crippen LogP contribution in [0, 0.1) is 0 Å². The summed E-state index contributed by atoms with van der Waals surface area (Å²) < 4.78 is 15.8. The van der Waals surface area contributed by atoms with E-state index >= 15 is 0 Å². The number of methoxy groups -OCH3 is 3. The summed E-state index contributed by atoms with van der Waals surface area (Å²) >= 11 is 0. The molecule has 2 aromatic rings. The van der Waals surface area contributed by atoms with Crippen molar-refractivity contribution in [3.63, 3.8) is 0 Å². The van der Waals surface area contributed by atoms with Crippen LogP contribution in [-0.4, -0.2) is 34.3 Å². The topological polar surface area (TPSA) is 48.0 Å². The summed E-state index contributed by atoms with van der Waals surface area (Å²) in [6.07, 6.45) is 0.964. The van der Waals surface area contributed by atoms with Gasteiger partial charge in [0.1, 0.15) is 5.75 Å². The molecule has 1 amide bonds. The molecule has 2 aromatic carbocycles. The minimum Gasteiger partial charge on any atom is -0.497 e. The van der Waals surface area contributed by atoms with Gasteiger partial charge in [0.2, 0.25) is 5.91 Å². The Hall–Kier alpha value is -2.69. The molecule has 0 heterocycles. The second-order valence-corrected chi connectivity index (χ2v) is 5.30. The number of carbonyl (C=O) groups is 1. The van der Waals surface area contributed by atoms with Crippen LogP contribution in [0.2, 0.25) is 0 Å². The Morgan fingerprint density at radius 1 is 0.958 bits per heavy atom. The Morgan fingerprint density at radius 3 is 2.25 bits per heavy atom. The van der Waals surface area contributed by atoms with Gasteiger partial charge in [0.05, 0.1) is 21.3 Å². The number of amides is 1. The SMILES string of the molecule is COc1ccc(N(C)C(=O)CCc2cccc(OC)c2OC)cc1. The lowest BCUT2D eigenvalue weighted by Gasteiger charge is -2.18. The van der Waals surface area contributed by atoms with E-state index in [2.05, 4.69) is 0 Å². The van der Waals surface area contributed by atoms with Crippen LogP contribution < -0.4 is 19.1 Å². The molecule has 0 aliphatic rings. The molecule has 0 aliphatic carbocycles. The lowest BCUT2D eigenvalue weighted by molar-refractivity contribution is -0.118. The van der Waals surface area contributed by atoms with E-state index in [1.165, 1.54) is 0 Å². The third-order valence-corrected chi connectivity index (χ3v) is 3.93. The van der Waals surface area contributed by atoms with Crippen LogP contribution in [0.15, 0.2) is 42.5 Å². The van der Waals surface area contributed by atoms with E-state index in [1.807, 2.05) is 42.5 Å². The van der Waals surface area contributed by atoms with Gasteiger partial charge in [0.25, 0.3) is 0 Å². The molecule has 0 saturated carbocycles. The van der Waals surface area contributed by atoms with E-state index in [4.69, 9.17) is 14.2 Å². The highest BCUT2D eigenvalue weighted by molar-refractivity contribution is 5.93. The Balaban J connectivity index is 2.04. The van der Waals surface area contributed by atoms with Crippen molar-refractivity contribution in [2.75, 3.05) is 33.3 Å². The van der Waals surface area contributed by atoms with Crippen LogP contribution >= 0.6 is 0 Å². The monoisotopic (exact) mass is 329 g/mol. The largest absolute Gasteiger partial charge is 0.497 e. The van der Waals surface area contributed by atoms with Crippen molar-refractivity contribution in [2.45, 2.75) is 12.8 Å². The maximum Gasteiger partial charge on any atom is 0.227 e. The summed E-state index contributed by atoms with van der Waals surface area (Å²) in [5.74, 6) is 2.15. The van der Waals surface area contributed by atoms with Crippen molar-refractivity contribution in [3.8, 4) is 17.2 Å².